The molecule has 0 amide bonds. The molecule has 0 unspecified atom stereocenters. The Labute approximate surface area is 65.9 Å². The summed E-state index contributed by atoms with van der Waals surface area (Å²) < 4.78 is 0. The van der Waals surface area contributed by atoms with Crippen LogP contribution in [0.1, 0.15) is 17.7 Å². The van der Waals surface area contributed by atoms with Crippen LogP contribution in [-0.4, -0.2) is 16.2 Å². The van der Waals surface area contributed by atoms with Crippen LogP contribution in [0.25, 0.3) is 0 Å². The van der Waals surface area contributed by atoms with E-state index in [1.807, 2.05) is 6.07 Å². The van der Waals surface area contributed by atoms with E-state index in [1.54, 1.807) is 6.20 Å². The standard InChI is InChI=1S/C9H11NO/c11-8-4-3-7-2-1-5-10-9(7)6-8/h1-2,5,8,11H,3-4,6H2/t8-/m1/s1. The number of hydrogen-bond acceptors (Lipinski definition) is 2. The fourth-order valence-corrected chi connectivity index (χ4v) is 1.53. The van der Waals surface area contributed by atoms with Crippen molar-refractivity contribution in [1.29, 1.82) is 0 Å². The topological polar surface area (TPSA) is 33.1 Å². The predicted molar refractivity (Wildman–Crippen MR) is 42.3 cm³/mol. The molecule has 1 aliphatic rings. The molecule has 1 atom stereocenters. The average molecular weight is 149 g/mol. The summed E-state index contributed by atoms with van der Waals surface area (Å²) in [6.45, 7) is 0. The van der Waals surface area contributed by atoms with Crippen LogP contribution in [0.2, 0.25) is 0 Å². The molecule has 0 spiro atoms. The van der Waals surface area contributed by atoms with E-state index in [4.69, 9.17) is 0 Å². The van der Waals surface area contributed by atoms with Gasteiger partial charge in [-0.25, -0.2) is 0 Å². The molecule has 1 aromatic rings. The van der Waals surface area contributed by atoms with Gasteiger partial charge in [-0.1, -0.05) is 6.07 Å². The first-order valence-corrected chi connectivity index (χ1v) is 3.97. The van der Waals surface area contributed by atoms with Crippen LogP contribution in [0.15, 0.2) is 18.3 Å². The van der Waals surface area contributed by atoms with Crippen LogP contribution < -0.4 is 0 Å². The van der Waals surface area contributed by atoms with Gasteiger partial charge in [0.25, 0.3) is 0 Å². The lowest BCUT2D eigenvalue weighted by Crippen LogP contribution is -2.19. The van der Waals surface area contributed by atoms with Gasteiger partial charge in [0.2, 0.25) is 0 Å². The Balaban J connectivity index is 2.34. The highest BCUT2D eigenvalue weighted by molar-refractivity contribution is 5.22. The highest BCUT2D eigenvalue weighted by Gasteiger charge is 2.15. The zero-order chi connectivity index (χ0) is 7.68. The number of nitrogens with zero attached hydrogens (tertiary/aromatic N) is 1. The number of fused-ring (bicyclic) bond motifs is 1. The third-order valence-corrected chi connectivity index (χ3v) is 2.16. The van der Waals surface area contributed by atoms with Crippen LogP contribution in [0.5, 0.6) is 0 Å². The number of pyridine rings is 1. The van der Waals surface area contributed by atoms with E-state index >= 15 is 0 Å². The van der Waals surface area contributed by atoms with Gasteiger partial charge in [0.05, 0.1) is 6.10 Å². The second kappa shape index (κ2) is 2.62. The minimum atomic E-state index is -0.169. The quantitative estimate of drug-likeness (QED) is 0.595. The van der Waals surface area contributed by atoms with Gasteiger partial charge in [0.15, 0.2) is 0 Å². The maximum atomic E-state index is 9.32. The molecule has 2 rings (SSSR count). The van der Waals surface area contributed by atoms with Crippen molar-refractivity contribution in [2.45, 2.75) is 25.4 Å². The van der Waals surface area contributed by atoms with Crippen molar-refractivity contribution in [3.63, 3.8) is 0 Å². The van der Waals surface area contributed by atoms with Gasteiger partial charge in [-0.05, 0) is 24.5 Å². The fraction of sp³-hybridized carbons (Fsp3) is 0.444. The van der Waals surface area contributed by atoms with E-state index in [1.165, 1.54) is 5.56 Å². The largest absolute Gasteiger partial charge is 0.393 e. The van der Waals surface area contributed by atoms with E-state index in [9.17, 15) is 5.11 Å². The first-order chi connectivity index (χ1) is 5.36. The predicted octanol–water partition coefficient (Wildman–Crippen LogP) is 0.931. The van der Waals surface area contributed by atoms with Crippen LogP contribution in [0.3, 0.4) is 0 Å². The lowest BCUT2D eigenvalue weighted by molar-refractivity contribution is 0.157. The van der Waals surface area contributed by atoms with E-state index in [0.717, 1.165) is 25.0 Å². The fourth-order valence-electron chi connectivity index (χ4n) is 1.53. The molecule has 1 N–H and O–H groups in total. The molecule has 2 nitrogen and oxygen atoms in total. The van der Waals surface area contributed by atoms with Gasteiger partial charge in [-0.3, -0.25) is 4.98 Å². The molecule has 58 valence electrons. The lowest BCUT2D eigenvalue weighted by Gasteiger charge is -2.18. The lowest BCUT2D eigenvalue weighted by atomic mass is 9.94. The van der Waals surface area contributed by atoms with Crippen molar-refractivity contribution in [3.8, 4) is 0 Å². The molecule has 0 aliphatic heterocycles. The molecular formula is C9H11NO. The Bertz CT molecular complexity index is 259. The van der Waals surface area contributed by atoms with Crippen molar-refractivity contribution in [3.05, 3.63) is 29.6 Å². The Hall–Kier alpha value is -0.890. The summed E-state index contributed by atoms with van der Waals surface area (Å²) in [5.74, 6) is 0. The van der Waals surface area contributed by atoms with Crippen LogP contribution in [0, 0.1) is 0 Å². The normalized spacial score (nSPS) is 22.8. The van der Waals surface area contributed by atoms with Gasteiger partial charge in [0.1, 0.15) is 0 Å². The van der Waals surface area contributed by atoms with Gasteiger partial charge in [-0.15, -0.1) is 0 Å². The summed E-state index contributed by atoms with van der Waals surface area (Å²) >= 11 is 0. The van der Waals surface area contributed by atoms with Crippen LogP contribution >= 0.6 is 0 Å². The first-order valence-electron chi connectivity index (χ1n) is 3.97. The number of hydrogen-bond donors (Lipinski definition) is 1. The Morgan fingerprint density at radius 3 is 3.36 bits per heavy atom. The second-order valence-electron chi connectivity index (χ2n) is 3.01. The van der Waals surface area contributed by atoms with Gasteiger partial charge in [-0.2, -0.15) is 0 Å². The molecule has 2 heteroatoms. The summed E-state index contributed by atoms with van der Waals surface area (Å²) in [6.07, 6.45) is 4.22. The van der Waals surface area contributed by atoms with Crippen molar-refractivity contribution >= 4 is 0 Å². The van der Waals surface area contributed by atoms with Crippen molar-refractivity contribution < 1.29 is 5.11 Å². The zero-order valence-corrected chi connectivity index (χ0v) is 6.33. The van der Waals surface area contributed by atoms with E-state index in [2.05, 4.69) is 11.1 Å². The molecule has 1 aliphatic carbocycles. The summed E-state index contributed by atoms with van der Waals surface area (Å²) in [5, 5.41) is 9.32. The second-order valence-corrected chi connectivity index (χ2v) is 3.01. The smallest absolute Gasteiger partial charge is 0.0598 e. The molecule has 0 saturated heterocycles. The van der Waals surface area contributed by atoms with Gasteiger partial charge >= 0.3 is 0 Å². The zero-order valence-electron chi connectivity index (χ0n) is 6.33. The Morgan fingerprint density at radius 2 is 2.45 bits per heavy atom. The summed E-state index contributed by atoms with van der Waals surface area (Å²) in [7, 11) is 0. The monoisotopic (exact) mass is 149 g/mol. The van der Waals surface area contributed by atoms with E-state index in [-0.39, 0.29) is 6.10 Å². The highest BCUT2D eigenvalue weighted by atomic mass is 16.3. The number of aryl methyl sites for hydroxylation is 1. The van der Waals surface area contributed by atoms with Crippen molar-refractivity contribution in [1.82, 2.24) is 4.98 Å². The maximum Gasteiger partial charge on any atom is 0.0598 e. The number of aromatic nitrogens is 1. The van der Waals surface area contributed by atoms with Crippen molar-refractivity contribution in [2.24, 2.45) is 0 Å². The number of aliphatic hydroxyl groups excluding tert-OH is 1. The van der Waals surface area contributed by atoms with E-state index < -0.39 is 0 Å². The Kier molecular flexibility index (Phi) is 1.62. The average Bonchev–Trinajstić information content (AvgIpc) is 2.04. The van der Waals surface area contributed by atoms with E-state index in [0.29, 0.717) is 0 Å². The molecule has 0 aromatic carbocycles. The molecule has 1 heterocycles. The molecule has 0 bridgehead atoms. The van der Waals surface area contributed by atoms with Crippen LogP contribution in [-0.2, 0) is 12.8 Å². The summed E-state index contributed by atoms with van der Waals surface area (Å²) in [6, 6.07) is 4.05. The minimum absolute atomic E-state index is 0.169. The third-order valence-electron chi connectivity index (χ3n) is 2.16. The number of aliphatic hydroxyl groups is 1. The number of rotatable bonds is 0. The minimum Gasteiger partial charge on any atom is -0.393 e. The Morgan fingerprint density at radius 1 is 1.55 bits per heavy atom. The molecular weight excluding hydrogens is 138 g/mol. The SMILES string of the molecule is O[C@@H]1CCc2cccnc2C1. The first kappa shape index (κ1) is 6.80. The molecule has 1 aromatic heterocycles. The van der Waals surface area contributed by atoms with Crippen LogP contribution in [0.4, 0.5) is 0 Å². The van der Waals surface area contributed by atoms with Crippen molar-refractivity contribution in [2.75, 3.05) is 0 Å². The molecule has 11 heavy (non-hydrogen) atoms. The summed E-state index contributed by atoms with van der Waals surface area (Å²) in [4.78, 5) is 4.21. The third kappa shape index (κ3) is 1.26. The molecule has 0 radical (unpaired) electrons. The highest BCUT2D eigenvalue weighted by Crippen LogP contribution is 2.18. The van der Waals surface area contributed by atoms with Gasteiger partial charge < -0.3 is 5.11 Å². The molecule has 0 fully saturated rings. The van der Waals surface area contributed by atoms with Gasteiger partial charge in [0, 0.05) is 18.3 Å². The summed E-state index contributed by atoms with van der Waals surface area (Å²) in [5.41, 5.74) is 2.38. The maximum absolute atomic E-state index is 9.32. The molecule has 0 saturated carbocycles.